The molecule has 1 amide bonds. The number of para-hydroxylation sites is 1. The number of imidazole rings is 1. The van der Waals surface area contributed by atoms with Gasteiger partial charge >= 0.3 is 0 Å². The number of aromatic nitrogens is 3. The highest BCUT2D eigenvalue weighted by Gasteiger charge is 2.12. The van der Waals surface area contributed by atoms with Crippen LogP contribution in [0.4, 0.5) is 0 Å². The highest BCUT2D eigenvalue weighted by Crippen LogP contribution is 2.21. The smallest absolute Gasteiger partial charge is 0.270 e. The van der Waals surface area contributed by atoms with E-state index in [4.69, 9.17) is 11.6 Å². The van der Waals surface area contributed by atoms with Gasteiger partial charge in [-0.15, -0.1) is 0 Å². The summed E-state index contributed by atoms with van der Waals surface area (Å²) in [5, 5.41) is 4.29. The van der Waals surface area contributed by atoms with Crippen molar-refractivity contribution in [2.45, 2.75) is 26.4 Å². The molecule has 0 saturated carbocycles. The molecule has 5 nitrogen and oxygen atoms in total. The lowest BCUT2D eigenvalue weighted by atomic mass is 10.2. The molecule has 0 radical (unpaired) electrons. The Hall–Kier alpha value is -2.40. The van der Waals surface area contributed by atoms with Gasteiger partial charge < -0.3 is 9.88 Å². The lowest BCUT2D eigenvalue weighted by molar-refractivity contribution is 0.0944. The third kappa shape index (κ3) is 3.19. The van der Waals surface area contributed by atoms with Crippen molar-refractivity contribution in [3.05, 3.63) is 59.3 Å². The summed E-state index contributed by atoms with van der Waals surface area (Å²) < 4.78 is 2.02. The van der Waals surface area contributed by atoms with E-state index in [0.717, 1.165) is 11.2 Å². The van der Waals surface area contributed by atoms with Crippen LogP contribution in [0.2, 0.25) is 5.02 Å². The predicted octanol–water partition coefficient (Wildman–Crippen LogP) is 3.60. The van der Waals surface area contributed by atoms with Gasteiger partial charge in [0.1, 0.15) is 11.5 Å². The van der Waals surface area contributed by atoms with Gasteiger partial charge in [-0.2, -0.15) is 0 Å². The van der Waals surface area contributed by atoms with Crippen LogP contribution in [0.15, 0.2) is 42.7 Å². The molecule has 2 heterocycles. The zero-order valence-corrected chi connectivity index (χ0v) is 13.7. The minimum Gasteiger partial charge on any atom is -0.343 e. The van der Waals surface area contributed by atoms with Crippen molar-refractivity contribution in [3.63, 3.8) is 0 Å². The molecular weight excluding hydrogens is 312 g/mol. The number of hydrogen-bond acceptors (Lipinski definition) is 3. The summed E-state index contributed by atoms with van der Waals surface area (Å²) in [6, 6.07) is 9.37. The van der Waals surface area contributed by atoms with Crippen molar-refractivity contribution in [1.29, 1.82) is 0 Å². The van der Waals surface area contributed by atoms with Gasteiger partial charge in [0.2, 0.25) is 0 Å². The van der Waals surface area contributed by atoms with Gasteiger partial charge in [-0.1, -0.05) is 29.8 Å². The first-order chi connectivity index (χ1) is 11.1. The number of fused-ring (bicyclic) bond motifs is 1. The Kier molecular flexibility index (Phi) is 4.30. The molecule has 6 heteroatoms. The highest BCUT2D eigenvalue weighted by molar-refractivity contribution is 6.35. The molecule has 2 aromatic heterocycles. The molecule has 118 valence electrons. The summed E-state index contributed by atoms with van der Waals surface area (Å²) in [6.07, 6.45) is 3.63. The summed E-state index contributed by atoms with van der Waals surface area (Å²) in [5.74, 6) is 0.567. The molecule has 0 spiro atoms. The first-order valence-electron chi connectivity index (χ1n) is 7.41. The second-order valence-electron chi connectivity index (χ2n) is 5.54. The molecule has 0 aliphatic carbocycles. The van der Waals surface area contributed by atoms with Crippen molar-refractivity contribution in [1.82, 2.24) is 19.9 Å². The second kappa shape index (κ2) is 6.38. The summed E-state index contributed by atoms with van der Waals surface area (Å²) in [5.41, 5.74) is 0.971. The number of hydrogen-bond donors (Lipinski definition) is 1. The molecule has 0 bridgehead atoms. The molecule has 1 aromatic carbocycles. The molecule has 0 fully saturated rings. The Morgan fingerprint density at radius 2 is 2.13 bits per heavy atom. The van der Waals surface area contributed by atoms with Crippen molar-refractivity contribution >= 4 is 28.4 Å². The van der Waals surface area contributed by atoms with Gasteiger partial charge in [0.25, 0.3) is 5.91 Å². The highest BCUT2D eigenvalue weighted by atomic mass is 35.5. The number of carbonyl (C=O) groups is 1. The van der Waals surface area contributed by atoms with Gasteiger partial charge in [-0.05, 0) is 26.0 Å². The van der Waals surface area contributed by atoms with Gasteiger partial charge in [-0.3, -0.25) is 4.79 Å². The molecule has 0 atom stereocenters. The first-order valence-corrected chi connectivity index (χ1v) is 7.79. The average Bonchev–Trinajstić information content (AvgIpc) is 3.01. The number of benzene rings is 1. The van der Waals surface area contributed by atoms with E-state index in [9.17, 15) is 4.79 Å². The van der Waals surface area contributed by atoms with Crippen molar-refractivity contribution in [3.8, 4) is 0 Å². The van der Waals surface area contributed by atoms with Crippen molar-refractivity contribution < 1.29 is 4.79 Å². The van der Waals surface area contributed by atoms with Crippen LogP contribution in [0.3, 0.4) is 0 Å². The van der Waals surface area contributed by atoms with Crippen LogP contribution >= 0.6 is 11.6 Å². The number of pyridine rings is 1. The molecule has 23 heavy (non-hydrogen) atoms. The van der Waals surface area contributed by atoms with E-state index in [0.29, 0.717) is 28.8 Å². The number of nitrogens with one attached hydrogen (secondary N) is 1. The van der Waals surface area contributed by atoms with Crippen LogP contribution in [-0.2, 0) is 6.54 Å². The number of nitrogens with zero attached hydrogens (tertiary/aromatic N) is 3. The van der Waals surface area contributed by atoms with E-state index in [1.54, 1.807) is 18.3 Å². The quantitative estimate of drug-likeness (QED) is 0.796. The molecular formula is C17H17ClN4O. The first kappa shape index (κ1) is 15.5. The average molecular weight is 329 g/mol. The Balaban J connectivity index is 1.78. The van der Waals surface area contributed by atoms with Crippen LogP contribution < -0.4 is 5.32 Å². The second-order valence-corrected chi connectivity index (χ2v) is 5.94. The van der Waals surface area contributed by atoms with E-state index in [1.807, 2.05) is 29.0 Å². The standard InChI is InChI=1S/C17H17ClN4O/c1-11(2)22-9-8-19-15(22)10-20-17(23)14-7-6-12-4-3-5-13(18)16(12)21-14/h3-9,11H,10H2,1-2H3,(H,20,23). The number of amides is 1. The van der Waals surface area contributed by atoms with E-state index in [2.05, 4.69) is 29.1 Å². The number of halogens is 1. The number of rotatable bonds is 4. The van der Waals surface area contributed by atoms with Gasteiger partial charge in [0, 0.05) is 23.8 Å². The lowest BCUT2D eigenvalue weighted by Crippen LogP contribution is -2.25. The van der Waals surface area contributed by atoms with E-state index >= 15 is 0 Å². The van der Waals surface area contributed by atoms with Crippen molar-refractivity contribution in [2.75, 3.05) is 0 Å². The zero-order chi connectivity index (χ0) is 16.4. The van der Waals surface area contributed by atoms with Crippen LogP contribution in [0, 0.1) is 0 Å². The third-order valence-electron chi connectivity index (χ3n) is 3.62. The molecule has 1 N–H and O–H groups in total. The minimum absolute atomic E-state index is 0.245. The summed E-state index contributed by atoms with van der Waals surface area (Å²) in [4.78, 5) is 21.0. The molecule has 0 aliphatic heterocycles. The maximum Gasteiger partial charge on any atom is 0.270 e. The lowest BCUT2D eigenvalue weighted by Gasteiger charge is -2.12. The Morgan fingerprint density at radius 1 is 1.30 bits per heavy atom. The Labute approximate surface area is 139 Å². The normalized spacial score (nSPS) is 11.1. The van der Waals surface area contributed by atoms with Crippen LogP contribution in [-0.4, -0.2) is 20.4 Å². The van der Waals surface area contributed by atoms with Crippen molar-refractivity contribution in [2.24, 2.45) is 0 Å². The molecule has 0 unspecified atom stereocenters. The van der Waals surface area contributed by atoms with Crippen LogP contribution in [0.5, 0.6) is 0 Å². The Bertz CT molecular complexity index is 857. The van der Waals surface area contributed by atoms with Gasteiger partial charge in [0.15, 0.2) is 0 Å². The fourth-order valence-electron chi connectivity index (χ4n) is 2.44. The summed E-state index contributed by atoms with van der Waals surface area (Å²) in [6.45, 7) is 4.49. The van der Waals surface area contributed by atoms with Gasteiger partial charge in [0.05, 0.1) is 17.1 Å². The van der Waals surface area contributed by atoms with Gasteiger partial charge in [-0.25, -0.2) is 9.97 Å². The molecule has 0 saturated heterocycles. The zero-order valence-electron chi connectivity index (χ0n) is 13.0. The van der Waals surface area contributed by atoms with E-state index in [1.165, 1.54) is 0 Å². The fourth-order valence-corrected chi connectivity index (χ4v) is 2.66. The molecule has 0 aliphatic rings. The summed E-state index contributed by atoms with van der Waals surface area (Å²) >= 11 is 6.14. The van der Waals surface area contributed by atoms with E-state index in [-0.39, 0.29) is 5.91 Å². The largest absolute Gasteiger partial charge is 0.343 e. The van der Waals surface area contributed by atoms with E-state index < -0.39 is 0 Å². The minimum atomic E-state index is -0.245. The maximum atomic E-state index is 12.3. The Morgan fingerprint density at radius 3 is 2.91 bits per heavy atom. The van der Waals surface area contributed by atoms with Crippen LogP contribution in [0.25, 0.3) is 10.9 Å². The SMILES string of the molecule is CC(C)n1ccnc1CNC(=O)c1ccc2cccc(Cl)c2n1. The van der Waals surface area contributed by atoms with Crippen LogP contribution in [0.1, 0.15) is 36.2 Å². The predicted molar refractivity (Wildman–Crippen MR) is 90.5 cm³/mol. The maximum absolute atomic E-state index is 12.3. The molecule has 3 aromatic rings. The topological polar surface area (TPSA) is 59.8 Å². The third-order valence-corrected chi connectivity index (χ3v) is 3.92. The molecule has 3 rings (SSSR count). The summed E-state index contributed by atoms with van der Waals surface area (Å²) in [7, 11) is 0. The number of carbonyl (C=O) groups excluding carboxylic acids is 1. The fraction of sp³-hybridized carbons (Fsp3) is 0.235. The monoisotopic (exact) mass is 328 g/mol.